The summed E-state index contributed by atoms with van der Waals surface area (Å²) in [5.41, 5.74) is 7.10. The van der Waals surface area contributed by atoms with Gasteiger partial charge in [-0.15, -0.1) is 0 Å². The number of aromatic nitrogens is 2. The molecule has 3 aliphatic rings. The van der Waals surface area contributed by atoms with Gasteiger partial charge in [0.05, 0.1) is 0 Å². The van der Waals surface area contributed by atoms with Crippen molar-refractivity contribution in [2.24, 2.45) is 0 Å². The van der Waals surface area contributed by atoms with E-state index in [2.05, 4.69) is 15.2 Å². The highest BCUT2D eigenvalue weighted by Crippen LogP contribution is 2.39. The highest BCUT2D eigenvalue weighted by Gasteiger charge is 2.36. The molecule has 0 radical (unpaired) electrons. The first-order valence-corrected chi connectivity index (χ1v) is 8.37. The van der Waals surface area contributed by atoms with E-state index in [1.54, 1.807) is 0 Å². The summed E-state index contributed by atoms with van der Waals surface area (Å²) in [6.45, 7) is 4.51. The Kier molecular flexibility index (Phi) is 3.25. The van der Waals surface area contributed by atoms with Crippen LogP contribution in [0.3, 0.4) is 0 Å². The summed E-state index contributed by atoms with van der Waals surface area (Å²) >= 11 is 0. The van der Waals surface area contributed by atoms with Crippen molar-refractivity contribution in [2.45, 2.75) is 63.5 Å². The van der Waals surface area contributed by atoms with E-state index in [4.69, 9.17) is 10.7 Å². The number of nitrogens with zero attached hydrogens (tertiary/aromatic N) is 3. The molecule has 2 saturated heterocycles. The van der Waals surface area contributed by atoms with Crippen LogP contribution < -0.4 is 11.1 Å². The van der Waals surface area contributed by atoms with Crippen molar-refractivity contribution in [3.05, 3.63) is 11.4 Å². The fraction of sp³-hybridized carbons (Fsp3) is 0.750. The van der Waals surface area contributed by atoms with Gasteiger partial charge in [0.25, 0.3) is 0 Å². The van der Waals surface area contributed by atoms with Gasteiger partial charge in [0.2, 0.25) is 0 Å². The molecule has 1 saturated carbocycles. The molecule has 2 atom stereocenters. The topological polar surface area (TPSA) is 67.1 Å². The zero-order valence-electron chi connectivity index (χ0n) is 12.8. The zero-order valence-corrected chi connectivity index (χ0v) is 12.8. The molecular formula is C16H25N5. The summed E-state index contributed by atoms with van der Waals surface area (Å²) in [6.07, 6.45) is 7.66. The van der Waals surface area contributed by atoms with Crippen molar-refractivity contribution < 1.29 is 0 Å². The number of nitrogen functional groups attached to an aromatic ring is 1. The third-order valence-corrected chi connectivity index (χ3v) is 5.32. The molecule has 114 valence electrons. The molecule has 4 rings (SSSR count). The Labute approximate surface area is 126 Å². The Hall–Kier alpha value is -1.36. The number of nitrogens with one attached hydrogen (secondary N) is 1. The quantitative estimate of drug-likeness (QED) is 0.893. The standard InChI is InChI=1S/C16H25N5/c1-10-14(17)19-16(11-5-6-11)20-15(10)18-12-7-9-21-8-3-2-4-13(12)21/h11-13H,2-9H2,1H3,(H3,17,18,19,20). The molecule has 0 bridgehead atoms. The number of hydrogen-bond donors (Lipinski definition) is 2. The van der Waals surface area contributed by atoms with Gasteiger partial charge in [0.15, 0.2) is 0 Å². The summed E-state index contributed by atoms with van der Waals surface area (Å²) < 4.78 is 0. The summed E-state index contributed by atoms with van der Waals surface area (Å²) in [5.74, 6) is 3.11. The lowest BCUT2D eigenvalue weighted by molar-refractivity contribution is 0.192. The van der Waals surface area contributed by atoms with Crippen LogP contribution in [0.25, 0.3) is 0 Å². The van der Waals surface area contributed by atoms with Crippen LogP contribution in [0.2, 0.25) is 0 Å². The second-order valence-corrected chi connectivity index (χ2v) is 6.85. The SMILES string of the molecule is Cc1c(N)nc(C2CC2)nc1NC1CCN2CCCCC12. The monoisotopic (exact) mass is 287 g/mol. The average molecular weight is 287 g/mol. The van der Waals surface area contributed by atoms with Gasteiger partial charge in [-0.1, -0.05) is 6.42 Å². The van der Waals surface area contributed by atoms with Crippen LogP contribution in [0.1, 0.15) is 55.8 Å². The number of rotatable bonds is 3. The molecule has 0 amide bonds. The van der Waals surface area contributed by atoms with Gasteiger partial charge in [0, 0.05) is 30.1 Å². The van der Waals surface area contributed by atoms with Gasteiger partial charge in [-0.05, 0) is 45.6 Å². The number of anilines is 2. The summed E-state index contributed by atoms with van der Waals surface area (Å²) in [6, 6.07) is 1.20. The van der Waals surface area contributed by atoms with Crippen LogP contribution >= 0.6 is 0 Å². The molecule has 3 fully saturated rings. The maximum absolute atomic E-state index is 6.09. The van der Waals surface area contributed by atoms with Crippen LogP contribution in [0.5, 0.6) is 0 Å². The highest BCUT2D eigenvalue weighted by atomic mass is 15.2. The van der Waals surface area contributed by atoms with Crippen LogP contribution in [-0.2, 0) is 0 Å². The maximum Gasteiger partial charge on any atom is 0.136 e. The molecule has 2 aliphatic heterocycles. The maximum atomic E-state index is 6.09. The molecular weight excluding hydrogens is 262 g/mol. The van der Waals surface area contributed by atoms with E-state index in [0.29, 0.717) is 23.8 Å². The fourth-order valence-electron chi connectivity index (χ4n) is 3.81. The van der Waals surface area contributed by atoms with E-state index in [1.165, 1.54) is 51.6 Å². The van der Waals surface area contributed by atoms with Crippen molar-refractivity contribution >= 4 is 11.6 Å². The number of fused-ring (bicyclic) bond motifs is 1. The third kappa shape index (κ3) is 2.48. The molecule has 2 unspecified atom stereocenters. The normalized spacial score (nSPS) is 29.4. The van der Waals surface area contributed by atoms with Crippen LogP contribution in [0.15, 0.2) is 0 Å². The zero-order chi connectivity index (χ0) is 14.4. The summed E-state index contributed by atoms with van der Waals surface area (Å²) in [7, 11) is 0. The van der Waals surface area contributed by atoms with Crippen molar-refractivity contribution in [3.8, 4) is 0 Å². The van der Waals surface area contributed by atoms with Crippen LogP contribution in [-0.4, -0.2) is 40.0 Å². The largest absolute Gasteiger partial charge is 0.383 e. The fourth-order valence-corrected chi connectivity index (χ4v) is 3.81. The predicted octanol–water partition coefficient (Wildman–Crippen LogP) is 2.28. The Balaban J connectivity index is 1.56. The Morgan fingerprint density at radius 3 is 2.76 bits per heavy atom. The van der Waals surface area contributed by atoms with Gasteiger partial charge in [0.1, 0.15) is 17.5 Å². The predicted molar refractivity (Wildman–Crippen MR) is 84.4 cm³/mol. The van der Waals surface area contributed by atoms with E-state index in [-0.39, 0.29) is 0 Å². The minimum absolute atomic E-state index is 0.519. The van der Waals surface area contributed by atoms with E-state index in [0.717, 1.165) is 17.2 Å². The molecule has 3 heterocycles. The Morgan fingerprint density at radius 1 is 1.10 bits per heavy atom. The van der Waals surface area contributed by atoms with E-state index in [9.17, 15) is 0 Å². The molecule has 1 aromatic rings. The molecule has 0 spiro atoms. The van der Waals surface area contributed by atoms with Crippen molar-refractivity contribution in [3.63, 3.8) is 0 Å². The first-order valence-electron chi connectivity index (χ1n) is 8.37. The number of piperidine rings is 1. The number of hydrogen-bond acceptors (Lipinski definition) is 5. The van der Waals surface area contributed by atoms with E-state index in [1.807, 2.05) is 6.92 Å². The van der Waals surface area contributed by atoms with Crippen LogP contribution in [0, 0.1) is 6.92 Å². The second kappa shape index (κ2) is 5.13. The molecule has 21 heavy (non-hydrogen) atoms. The van der Waals surface area contributed by atoms with E-state index >= 15 is 0 Å². The van der Waals surface area contributed by atoms with E-state index < -0.39 is 0 Å². The minimum Gasteiger partial charge on any atom is -0.383 e. The van der Waals surface area contributed by atoms with Gasteiger partial charge < -0.3 is 11.1 Å². The molecule has 0 aromatic carbocycles. The Morgan fingerprint density at radius 2 is 1.95 bits per heavy atom. The van der Waals surface area contributed by atoms with Crippen molar-refractivity contribution in [1.82, 2.24) is 14.9 Å². The third-order valence-electron chi connectivity index (χ3n) is 5.32. The summed E-state index contributed by atoms with van der Waals surface area (Å²) in [5, 5.41) is 3.70. The molecule has 5 heteroatoms. The lowest BCUT2D eigenvalue weighted by Crippen LogP contribution is -2.42. The highest BCUT2D eigenvalue weighted by molar-refractivity contribution is 5.56. The number of nitrogens with two attached hydrogens (primary N) is 1. The molecule has 1 aromatic heterocycles. The smallest absolute Gasteiger partial charge is 0.136 e. The molecule has 5 nitrogen and oxygen atoms in total. The molecule has 3 N–H and O–H groups in total. The van der Waals surface area contributed by atoms with Gasteiger partial charge in [-0.2, -0.15) is 0 Å². The van der Waals surface area contributed by atoms with Crippen molar-refractivity contribution in [1.29, 1.82) is 0 Å². The van der Waals surface area contributed by atoms with Gasteiger partial charge in [-0.3, -0.25) is 4.90 Å². The summed E-state index contributed by atoms with van der Waals surface area (Å²) in [4.78, 5) is 11.9. The first-order chi connectivity index (χ1) is 10.2. The second-order valence-electron chi connectivity index (χ2n) is 6.85. The van der Waals surface area contributed by atoms with Crippen LogP contribution in [0.4, 0.5) is 11.6 Å². The van der Waals surface area contributed by atoms with Gasteiger partial charge in [-0.25, -0.2) is 9.97 Å². The average Bonchev–Trinajstić information content (AvgIpc) is 3.26. The van der Waals surface area contributed by atoms with Gasteiger partial charge >= 0.3 is 0 Å². The lowest BCUT2D eigenvalue weighted by Gasteiger charge is -2.33. The minimum atomic E-state index is 0.519. The molecule has 1 aliphatic carbocycles. The first kappa shape index (κ1) is 13.3. The van der Waals surface area contributed by atoms with Crippen molar-refractivity contribution in [2.75, 3.05) is 24.1 Å². The Bertz CT molecular complexity index is 540. The lowest BCUT2D eigenvalue weighted by atomic mass is 9.99.